The van der Waals surface area contributed by atoms with Crippen molar-refractivity contribution in [2.75, 3.05) is 26.3 Å². The highest BCUT2D eigenvalue weighted by Gasteiger charge is 2.27. The predicted molar refractivity (Wildman–Crippen MR) is 59.8 cm³/mol. The van der Waals surface area contributed by atoms with Gasteiger partial charge in [0.25, 0.3) is 0 Å². The quantitative estimate of drug-likeness (QED) is 0.604. The van der Waals surface area contributed by atoms with Crippen molar-refractivity contribution in [3.05, 3.63) is 35.6 Å². The Morgan fingerprint density at radius 3 is 2.61 bits per heavy atom. The van der Waals surface area contributed by atoms with Crippen LogP contribution in [0.1, 0.15) is 5.56 Å². The maximum atomic E-state index is 12.8. The Kier molecular flexibility index (Phi) is 6.07. The lowest BCUT2D eigenvalue weighted by atomic mass is 10.1. The molecule has 0 aliphatic carbocycles. The zero-order valence-electron chi connectivity index (χ0n) is 9.77. The van der Waals surface area contributed by atoms with Crippen molar-refractivity contribution < 1.29 is 22.3 Å². The molecule has 1 aromatic carbocycles. The van der Waals surface area contributed by atoms with E-state index < -0.39 is 12.8 Å². The van der Waals surface area contributed by atoms with Gasteiger partial charge >= 0.3 is 6.18 Å². The SMILES string of the molecule is Fc1cccc(CCNCCOCC(F)(F)F)c1. The van der Waals surface area contributed by atoms with Gasteiger partial charge in [0.15, 0.2) is 0 Å². The van der Waals surface area contributed by atoms with E-state index in [9.17, 15) is 17.6 Å². The first-order valence-corrected chi connectivity index (χ1v) is 5.57. The Morgan fingerprint density at radius 1 is 1.17 bits per heavy atom. The lowest BCUT2D eigenvalue weighted by Gasteiger charge is -2.08. The number of rotatable bonds is 7. The summed E-state index contributed by atoms with van der Waals surface area (Å²) in [7, 11) is 0. The molecule has 1 N–H and O–H groups in total. The van der Waals surface area contributed by atoms with Crippen LogP contribution >= 0.6 is 0 Å². The summed E-state index contributed by atoms with van der Waals surface area (Å²) in [6.07, 6.45) is -3.65. The van der Waals surface area contributed by atoms with Crippen LogP contribution in [-0.2, 0) is 11.2 Å². The van der Waals surface area contributed by atoms with E-state index in [1.54, 1.807) is 12.1 Å². The minimum atomic E-state index is -4.28. The molecular weight excluding hydrogens is 250 g/mol. The second-order valence-electron chi connectivity index (χ2n) is 3.80. The molecule has 102 valence electrons. The molecular formula is C12H15F4NO. The largest absolute Gasteiger partial charge is 0.411 e. The van der Waals surface area contributed by atoms with Gasteiger partial charge in [-0.1, -0.05) is 12.1 Å². The molecule has 0 aliphatic rings. The third-order valence-corrected chi connectivity index (χ3v) is 2.17. The topological polar surface area (TPSA) is 21.3 Å². The lowest BCUT2D eigenvalue weighted by molar-refractivity contribution is -0.173. The first-order chi connectivity index (χ1) is 8.47. The first-order valence-electron chi connectivity index (χ1n) is 5.57. The Labute approximate surface area is 103 Å². The van der Waals surface area contributed by atoms with Crippen LogP contribution in [0.3, 0.4) is 0 Å². The van der Waals surface area contributed by atoms with Crippen LogP contribution in [0.2, 0.25) is 0 Å². The van der Waals surface area contributed by atoms with Gasteiger partial charge in [-0.3, -0.25) is 0 Å². The molecule has 0 radical (unpaired) electrons. The van der Waals surface area contributed by atoms with E-state index in [1.807, 2.05) is 0 Å². The minimum Gasteiger partial charge on any atom is -0.371 e. The molecule has 6 heteroatoms. The van der Waals surface area contributed by atoms with Gasteiger partial charge in [-0.2, -0.15) is 13.2 Å². The molecule has 0 spiro atoms. The highest BCUT2D eigenvalue weighted by molar-refractivity contribution is 5.16. The van der Waals surface area contributed by atoms with Gasteiger partial charge in [-0.25, -0.2) is 4.39 Å². The number of hydrogen-bond acceptors (Lipinski definition) is 2. The highest BCUT2D eigenvalue weighted by Crippen LogP contribution is 2.13. The second kappa shape index (κ2) is 7.33. The van der Waals surface area contributed by atoms with Crippen LogP contribution in [-0.4, -0.2) is 32.5 Å². The number of ether oxygens (including phenoxy) is 1. The van der Waals surface area contributed by atoms with E-state index in [4.69, 9.17) is 0 Å². The summed E-state index contributed by atoms with van der Waals surface area (Å²) in [5, 5.41) is 2.92. The summed E-state index contributed by atoms with van der Waals surface area (Å²) in [4.78, 5) is 0. The zero-order chi connectivity index (χ0) is 13.4. The highest BCUT2D eigenvalue weighted by atomic mass is 19.4. The predicted octanol–water partition coefficient (Wildman–Crippen LogP) is 2.54. The Balaban J connectivity index is 2.02. The van der Waals surface area contributed by atoms with E-state index >= 15 is 0 Å². The fourth-order valence-corrected chi connectivity index (χ4v) is 1.38. The number of hydrogen-bond donors (Lipinski definition) is 1. The van der Waals surface area contributed by atoms with Gasteiger partial charge in [-0.05, 0) is 30.7 Å². The molecule has 0 amide bonds. The van der Waals surface area contributed by atoms with Crippen molar-refractivity contribution in [1.29, 1.82) is 0 Å². The Morgan fingerprint density at radius 2 is 1.94 bits per heavy atom. The standard InChI is InChI=1S/C12H15F4NO/c13-11-3-1-2-10(8-11)4-5-17-6-7-18-9-12(14,15)16/h1-3,8,17H,4-7,9H2. The van der Waals surface area contributed by atoms with Crippen LogP contribution in [0.15, 0.2) is 24.3 Å². The Bertz CT molecular complexity index is 354. The molecule has 2 nitrogen and oxygen atoms in total. The van der Waals surface area contributed by atoms with Crippen molar-refractivity contribution in [2.45, 2.75) is 12.6 Å². The molecule has 1 aromatic rings. The van der Waals surface area contributed by atoms with Crippen molar-refractivity contribution in [2.24, 2.45) is 0 Å². The average Bonchev–Trinajstić information content (AvgIpc) is 2.26. The van der Waals surface area contributed by atoms with Crippen molar-refractivity contribution in [3.8, 4) is 0 Å². The molecule has 0 fully saturated rings. The van der Waals surface area contributed by atoms with Crippen LogP contribution in [0.4, 0.5) is 17.6 Å². The maximum absolute atomic E-state index is 12.8. The number of alkyl halides is 3. The number of halogens is 4. The van der Waals surface area contributed by atoms with Crippen LogP contribution in [0, 0.1) is 5.82 Å². The molecule has 0 bridgehead atoms. The van der Waals surface area contributed by atoms with Crippen molar-refractivity contribution >= 4 is 0 Å². The third-order valence-electron chi connectivity index (χ3n) is 2.17. The van der Waals surface area contributed by atoms with Gasteiger partial charge in [-0.15, -0.1) is 0 Å². The van der Waals surface area contributed by atoms with Crippen molar-refractivity contribution in [3.63, 3.8) is 0 Å². The number of nitrogens with one attached hydrogen (secondary N) is 1. The molecule has 0 aliphatic heterocycles. The molecule has 18 heavy (non-hydrogen) atoms. The summed E-state index contributed by atoms with van der Waals surface area (Å²) in [5.74, 6) is -0.291. The first kappa shape index (κ1) is 14.9. The van der Waals surface area contributed by atoms with Gasteiger partial charge in [0, 0.05) is 6.54 Å². The Hall–Kier alpha value is -1.14. The van der Waals surface area contributed by atoms with E-state index in [1.165, 1.54) is 12.1 Å². The summed E-state index contributed by atoms with van der Waals surface area (Å²) < 4.78 is 52.4. The zero-order valence-corrected chi connectivity index (χ0v) is 9.77. The van der Waals surface area contributed by atoms with Crippen molar-refractivity contribution in [1.82, 2.24) is 5.32 Å². The van der Waals surface area contributed by atoms with Crippen LogP contribution in [0.5, 0.6) is 0 Å². The van der Waals surface area contributed by atoms with E-state index in [0.29, 0.717) is 19.5 Å². The van der Waals surface area contributed by atoms with Crippen LogP contribution in [0.25, 0.3) is 0 Å². The molecule has 0 aromatic heterocycles. The lowest BCUT2D eigenvalue weighted by Crippen LogP contribution is -2.25. The van der Waals surface area contributed by atoms with Gasteiger partial charge in [0.05, 0.1) is 6.61 Å². The molecule has 1 rings (SSSR count). The summed E-state index contributed by atoms with van der Waals surface area (Å²) in [6, 6.07) is 6.21. The van der Waals surface area contributed by atoms with Gasteiger partial charge < -0.3 is 10.1 Å². The smallest absolute Gasteiger partial charge is 0.371 e. The van der Waals surface area contributed by atoms with E-state index in [2.05, 4.69) is 10.1 Å². The molecule has 0 saturated heterocycles. The summed E-state index contributed by atoms with van der Waals surface area (Å²) in [6.45, 7) is -0.314. The average molecular weight is 265 g/mol. The molecule has 0 saturated carbocycles. The fraction of sp³-hybridized carbons (Fsp3) is 0.500. The number of benzene rings is 1. The van der Waals surface area contributed by atoms with Gasteiger partial charge in [0.2, 0.25) is 0 Å². The molecule has 0 atom stereocenters. The third kappa shape index (κ3) is 7.24. The minimum absolute atomic E-state index is 0.00264. The van der Waals surface area contributed by atoms with Crippen LogP contribution < -0.4 is 5.32 Å². The van der Waals surface area contributed by atoms with E-state index in [0.717, 1.165) is 5.56 Å². The molecule has 0 unspecified atom stereocenters. The van der Waals surface area contributed by atoms with E-state index in [-0.39, 0.29) is 12.4 Å². The maximum Gasteiger partial charge on any atom is 0.411 e. The second-order valence-corrected chi connectivity index (χ2v) is 3.80. The summed E-state index contributed by atoms with van der Waals surface area (Å²) in [5.41, 5.74) is 0.846. The fourth-order valence-electron chi connectivity index (χ4n) is 1.38. The molecule has 0 heterocycles. The normalized spacial score (nSPS) is 11.8. The summed E-state index contributed by atoms with van der Waals surface area (Å²) >= 11 is 0. The monoisotopic (exact) mass is 265 g/mol. The van der Waals surface area contributed by atoms with Gasteiger partial charge in [0.1, 0.15) is 12.4 Å².